The molecule has 278 valence electrons. The Morgan fingerprint density at radius 1 is 0.882 bits per heavy atom. The Morgan fingerprint density at radius 3 is 2.18 bits per heavy atom. The smallest absolute Gasteiger partial charge is 0.410 e. The minimum absolute atomic E-state index is 0.0366. The lowest BCUT2D eigenvalue weighted by atomic mass is 9.65. The van der Waals surface area contributed by atoms with Crippen LogP contribution in [0.15, 0.2) is 47.4 Å². The maximum atomic E-state index is 14.3. The fourth-order valence-electron chi connectivity index (χ4n) is 9.22. The molecule has 2 aromatic rings. The molecule has 1 unspecified atom stereocenters. The van der Waals surface area contributed by atoms with Crippen LogP contribution in [0.3, 0.4) is 0 Å². The van der Waals surface area contributed by atoms with Gasteiger partial charge in [-0.1, -0.05) is 82.2 Å². The highest BCUT2D eigenvalue weighted by atomic mass is 16.6. The molecule has 2 aliphatic heterocycles. The average Bonchev–Trinajstić information content (AvgIpc) is 3.59. The third-order valence-electron chi connectivity index (χ3n) is 12.1. The van der Waals surface area contributed by atoms with Gasteiger partial charge in [-0.15, -0.1) is 0 Å². The molecule has 6 rings (SSSR count). The van der Waals surface area contributed by atoms with Gasteiger partial charge in [0.05, 0.1) is 17.7 Å². The van der Waals surface area contributed by atoms with Gasteiger partial charge in [-0.2, -0.15) is 0 Å². The lowest BCUT2D eigenvalue weighted by molar-refractivity contribution is -0.163. The summed E-state index contributed by atoms with van der Waals surface area (Å²) in [7, 11) is 0. The van der Waals surface area contributed by atoms with Crippen LogP contribution < -0.4 is 5.56 Å². The first-order valence-electron chi connectivity index (χ1n) is 19.4. The number of carbonyl (C=O) groups excluding carboxylic acids is 3. The maximum Gasteiger partial charge on any atom is 0.410 e. The standard InChI is InChI=1S/C41H58N4O6/c1-30(25-31-13-7-5-8-14-31)36(47)44-20-19-41(50,40(28-44)17-11-12-18-40)29-45-27-34(33(26-35(45)46)32-15-9-6-10-16-32)37(48)42-21-23-43(24-22-42)38(49)51-39(2,3)4/h6,9-10,15-16,26-27,30-31,50H,5,7-8,11-14,17-25,28-29H2,1-4H3/t30?,41-/m1/s1. The van der Waals surface area contributed by atoms with E-state index in [2.05, 4.69) is 6.92 Å². The average molecular weight is 703 g/mol. The van der Waals surface area contributed by atoms with Gasteiger partial charge in [-0.25, -0.2) is 4.79 Å². The molecule has 4 aliphatic rings. The van der Waals surface area contributed by atoms with Crippen LogP contribution in [0.1, 0.15) is 109 Å². The molecule has 4 fully saturated rings. The number of likely N-dealkylation sites (tertiary alicyclic amines) is 1. The second kappa shape index (κ2) is 15.1. The van der Waals surface area contributed by atoms with E-state index in [4.69, 9.17) is 4.74 Å². The Labute approximate surface area is 303 Å². The number of benzene rings is 1. The number of piperidine rings is 1. The molecule has 1 N–H and O–H groups in total. The number of hydrogen-bond acceptors (Lipinski definition) is 6. The van der Waals surface area contributed by atoms with Crippen LogP contribution in [0, 0.1) is 17.3 Å². The summed E-state index contributed by atoms with van der Waals surface area (Å²) < 4.78 is 7.07. The molecule has 2 atom stereocenters. The first kappa shape index (κ1) is 37.1. The van der Waals surface area contributed by atoms with E-state index in [0.29, 0.717) is 62.7 Å². The van der Waals surface area contributed by atoms with E-state index in [1.165, 1.54) is 42.7 Å². The first-order chi connectivity index (χ1) is 24.3. The fraction of sp³-hybridized carbons (Fsp3) is 0.659. The number of hydrogen-bond donors (Lipinski definition) is 1. The van der Waals surface area contributed by atoms with Crippen molar-refractivity contribution in [2.45, 2.75) is 116 Å². The number of nitrogens with zero attached hydrogens (tertiary/aromatic N) is 4. The second-order valence-corrected chi connectivity index (χ2v) is 16.9. The Morgan fingerprint density at radius 2 is 1.53 bits per heavy atom. The van der Waals surface area contributed by atoms with Gasteiger partial charge in [0.15, 0.2) is 0 Å². The van der Waals surface area contributed by atoms with Crippen molar-refractivity contribution in [1.82, 2.24) is 19.3 Å². The molecule has 10 heteroatoms. The number of pyridine rings is 1. The monoisotopic (exact) mass is 702 g/mol. The lowest BCUT2D eigenvalue weighted by Crippen LogP contribution is -2.62. The summed E-state index contributed by atoms with van der Waals surface area (Å²) in [5.74, 6) is 0.557. The fourth-order valence-corrected chi connectivity index (χ4v) is 9.22. The van der Waals surface area contributed by atoms with Crippen LogP contribution in [0.4, 0.5) is 4.79 Å². The molecule has 0 bridgehead atoms. The molecule has 1 aromatic heterocycles. The minimum atomic E-state index is -1.20. The Hall–Kier alpha value is -3.66. The molecule has 1 aromatic carbocycles. The predicted molar refractivity (Wildman–Crippen MR) is 197 cm³/mol. The summed E-state index contributed by atoms with van der Waals surface area (Å²) in [5, 5.41) is 12.6. The van der Waals surface area contributed by atoms with Gasteiger partial charge in [-0.05, 0) is 57.9 Å². The zero-order chi connectivity index (χ0) is 36.4. The molecule has 51 heavy (non-hydrogen) atoms. The molecule has 2 saturated carbocycles. The highest BCUT2D eigenvalue weighted by Gasteiger charge is 2.56. The van der Waals surface area contributed by atoms with Crippen LogP contribution >= 0.6 is 0 Å². The Bertz CT molecular complexity index is 1610. The Balaban J connectivity index is 1.23. The number of aromatic nitrogens is 1. The van der Waals surface area contributed by atoms with Gasteiger partial charge in [-0.3, -0.25) is 14.4 Å². The SMILES string of the molecule is CC(CC1CCCCC1)C(=O)N1CC[C@@](O)(Cn2cc(C(=O)N3CCN(C(=O)OC(C)(C)C)CC3)c(-c3ccccc3)cc2=O)C2(CCCC2)C1. The number of rotatable bonds is 7. The van der Waals surface area contributed by atoms with Crippen molar-refractivity contribution in [3.8, 4) is 11.1 Å². The molecular weight excluding hydrogens is 644 g/mol. The van der Waals surface area contributed by atoms with E-state index < -0.39 is 22.7 Å². The van der Waals surface area contributed by atoms with Crippen molar-refractivity contribution >= 4 is 17.9 Å². The second-order valence-electron chi connectivity index (χ2n) is 16.9. The molecule has 3 heterocycles. The van der Waals surface area contributed by atoms with Crippen LogP contribution in [-0.4, -0.2) is 92.8 Å². The number of aliphatic hydroxyl groups is 1. The van der Waals surface area contributed by atoms with Crippen molar-refractivity contribution in [2.24, 2.45) is 17.3 Å². The number of piperazine rings is 1. The van der Waals surface area contributed by atoms with Crippen molar-refractivity contribution < 1.29 is 24.2 Å². The van der Waals surface area contributed by atoms with Gasteiger partial charge in [0, 0.05) is 68.4 Å². The molecule has 3 amide bonds. The van der Waals surface area contributed by atoms with E-state index in [9.17, 15) is 24.3 Å². The number of amides is 3. The Kier molecular flexibility index (Phi) is 11.0. The van der Waals surface area contributed by atoms with E-state index in [-0.39, 0.29) is 29.8 Å². The zero-order valence-corrected chi connectivity index (χ0v) is 31.2. The minimum Gasteiger partial charge on any atom is -0.444 e. The first-order valence-corrected chi connectivity index (χ1v) is 19.4. The van der Waals surface area contributed by atoms with Gasteiger partial charge in [0.25, 0.3) is 11.5 Å². The molecule has 2 aliphatic carbocycles. The summed E-state index contributed by atoms with van der Waals surface area (Å²) in [6, 6.07) is 11.0. The van der Waals surface area contributed by atoms with Crippen LogP contribution in [-0.2, 0) is 16.1 Å². The zero-order valence-electron chi connectivity index (χ0n) is 31.2. The van der Waals surface area contributed by atoms with Crippen molar-refractivity contribution in [3.63, 3.8) is 0 Å². The highest BCUT2D eigenvalue weighted by molar-refractivity contribution is 6.00. The van der Waals surface area contributed by atoms with E-state index >= 15 is 0 Å². The van der Waals surface area contributed by atoms with Gasteiger partial charge in [0.2, 0.25) is 5.91 Å². The third kappa shape index (κ3) is 8.21. The molecule has 1 spiro atoms. The topological polar surface area (TPSA) is 112 Å². The third-order valence-corrected chi connectivity index (χ3v) is 12.1. The van der Waals surface area contributed by atoms with Crippen molar-refractivity contribution in [2.75, 3.05) is 39.3 Å². The predicted octanol–water partition coefficient (Wildman–Crippen LogP) is 6.34. The summed E-state index contributed by atoms with van der Waals surface area (Å²) in [6.45, 7) is 9.95. The summed E-state index contributed by atoms with van der Waals surface area (Å²) in [5.41, 5.74) is -0.900. The van der Waals surface area contributed by atoms with Gasteiger partial charge >= 0.3 is 6.09 Å². The van der Waals surface area contributed by atoms with Gasteiger partial charge in [0.1, 0.15) is 5.60 Å². The van der Waals surface area contributed by atoms with Gasteiger partial charge < -0.3 is 29.1 Å². The maximum absolute atomic E-state index is 14.3. The number of carbonyl (C=O) groups is 3. The largest absolute Gasteiger partial charge is 0.444 e. The molecular formula is C41H58N4O6. The number of ether oxygens (including phenoxy) is 1. The summed E-state index contributed by atoms with van der Waals surface area (Å²) in [4.78, 5) is 60.0. The van der Waals surface area contributed by atoms with E-state index in [1.54, 1.807) is 16.0 Å². The normalized spacial score (nSPS) is 23.4. The van der Waals surface area contributed by atoms with E-state index in [1.807, 2.05) is 56.0 Å². The van der Waals surface area contributed by atoms with Crippen molar-refractivity contribution in [3.05, 3.63) is 58.5 Å². The highest BCUT2D eigenvalue weighted by Crippen LogP contribution is 2.52. The van der Waals surface area contributed by atoms with Crippen LogP contribution in [0.25, 0.3) is 11.1 Å². The van der Waals surface area contributed by atoms with Crippen molar-refractivity contribution in [1.29, 1.82) is 0 Å². The quantitative estimate of drug-likeness (QED) is 0.361. The summed E-state index contributed by atoms with van der Waals surface area (Å²) in [6.07, 6.45) is 12.4. The molecule has 2 saturated heterocycles. The summed E-state index contributed by atoms with van der Waals surface area (Å²) >= 11 is 0. The lowest BCUT2D eigenvalue weighted by Gasteiger charge is -2.53. The molecule has 10 nitrogen and oxygen atoms in total. The van der Waals surface area contributed by atoms with Crippen LogP contribution in [0.5, 0.6) is 0 Å². The van der Waals surface area contributed by atoms with E-state index in [0.717, 1.165) is 37.7 Å². The molecule has 0 radical (unpaired) electrons. The van der Waals surface area contributed by atoms with Crippen LogP contribution in [0.2, 0.25) is 0 Å².